The number of hydrogen-bond acceptors (Lipinski definition) is 3. The van der Waals surface area contributed by atoms with Crippen LogP contribution in [0.2, 0.25) is 0 Å². The fourth-order valence-electron chi connectivity index (χ4n) is 1.46. The molecule has 0 bridgehead atoms. The third-order valence-electron chi connectivity index (χ3n) is 2.15. The van der Waals surface area contributed by atoms with Crippen molar-refractivity contribution in [1.82, 2.24) is 15.6 Å². The quantitative estimate of drug-likeness (QED) is 0.660. The highest BCUT2D eigenvalue weighted by molar-refractivity contribution is 5.10. The Balaban J connectivity index is 2.10. The van der Waals surface area contributed by atoms with Crippen LogP contribution in [0.1, 0.15) is 11.7 Å². The fraction of sp³-hybridized carbons (Fsp3) is 0.444. The van der Waals surface area contributed by atoms with Crippen LogP contribution >= 0.6 is 0 Å². The number of rotatable bonds is 1. The molecular formula is C9H12FN3. The van der Waals surface area contributed by atoms with E-state index in [1.807, 2.05) is 0 Å². The predicted molar refractivity (Wildman–Crippen MR) is 47.8 cm³/mol. The summed E-state index contributed by atoms with van der Waals surface area (Å²) in [6.07, 6.45) is 1.26. The summed E-state index contributed by atoms with van der Waals surface area (Å²) in [6.45, 7) is 2.78. The van der Waals surface area contributed by atoms with Crippen molar-refractivity contribution in [2.45, 2.75) is 6.04 Å². The Labute approximate surface area is 76.4 Å². The van der Waals surface area contributed by atoms with Crippen molar-refractivity contribution in [3.63, 3.8) is 0 Å². The molecule has 2 rings (SSSR count). The summed E-state index contributed by atoms with van der Waals surface area (Å²) in [5.41, 5.74) is 0.897. The molecule has 1 aliphatic heterocycles. The highest BCUT2D eigenvalue weighted by Gasteiger charge is 2.14. The molecule has 0 amide bonds. The van der Waals surface area contributed by atoms with Gasteiger partial charge in [0.05, 0.1) is 17.9 Å². The third-order valence-corrected chi connectivity index (χ3v) is 2.15. The number of pyridine rings is 1. The number of piperazine rings is 1. The highest BCUT2D eigenvalue weighted by Crippen LogP contribution is 2.10. The lowest BCUT2D eigenvalue weighted by Crippen LogP contribution is -2.42. The van der Waals surface area contributed by atoms with Gasteiger partial charge in [-0.2, -0.15) is 0 Å². The zero-order valence-corrected chi connectivity index (χ0v) is 7.26. The molecule has 2 N–H and O–H groups in total. The summed E-state index contributed by atoms with van der Waals surface area (Å²) < 4.78 is 12.6. The lowest BCUT2D eigenvalue weighted by molar-refractivity contribution is 0.422. The van der Waals surface area contributed by atoms with Gasteiger partial charge >= 0.3 is 0 Å². The molecule has 1 aromatic rings. The van der Waals surface area contributed by atoms with E-state index in [1.165, 1.54) is 12.3 Å². The SMILES string of the molecule is Fc1ccc([C@H]2CNCCN2)nc1. The molecule has 0 saturated carbocycles. The number of aromatic nitrogens is 1. The van der Waals surface area contributed by atoms with E-state index in [1.54, 1.807) is 6.07 Å². The van der Waals surface area contributed by atoms with Gasteiger partial charge < -0.3 is 10.6 Å². The van der Waals surface area contributed by atoms with E-state index in [4.69, 9.17) is 0 Å². The highest BCUT2D eigenvalue weighted by atomic mass is 19.1. The van der Waals surface area contributed by atoms with Gasteiger partial charge in [-0.05, 0) is 12.1 Å². The largest absolute Gasteiger partial charge is 0.314 e. The average Bonchev–Trinajstić information content (AvgIpc) is 2.20. The van der Waals surface area contributed by atoms with E-state index in [9.17, 15) is 4.39 Å². The molecule has 1 saturated heterocycles. The molecule has 0 spiro atoms. The molecule has 0 radical (unpaired) electrons. The molecule has 0 unspecified atom stereocenters. The predicted octanol–water partition coefficient (Wildman–Crippen LogP) is 0.455. The van der Waals surface area contributed by atoms with Crippen LogP contribution in [0.4, 0.5) is 4.39 Å². The molecule has 0 aliphatic carbocycles. The van der Waals surface area contributed by atoms with Gasteiger partial charge in [0.25, 0.3) is 0 Å². The molecule has 1 atom stereocenters. The van der Waals surface area contributed by atoms with Crippen LogP contribution in [0.3, 0.4) is 0 Å². The lowest BCUT2D eigenvalue weighted by Gasteiger charge is -2.23. The van der Waals surface area contributed by atoms with Crippen LogP contribution in [-0.4, -0.2) is 24.6 Å². The number of hydrogen-bond donors (Lipinski definition) is 2. The molecule has 13 heavy (non-hydrogen) atoms. The third kappa shape index (κ3) is 2.02. The summed E-state index contributed by atoms with van der Waals surface area (Å²) in [4.78, 5) is 4.02. The lowest BCUT2D eigenvalue weighted by atomic mass is 10.1. The van der Waals surface area contributed by atoms with E-state index in [-0.39, 0.29) is 11.9 Å². The Morgan fingerprint density at radius 2 is 2.31 bits per heavy atom. The standard InChI is InChI=1S/C9H12FN3/c10-7-1-2-8(13-5-7)9-6-11-3-4-12-9/h1-2,5,9,11-12H,3-4,6H2/t9-/m1/s1. The Kier molecular flexibility index (Phi) is 2.52. The Hall–Kier alpha value is -1.00. The van der Waals surface area contributed by atoms with Crippen LogP contribution < -0.4 is 10.6 Å². The van der Waals surface area contributed by atoms with Crippen LogP contribution in [0.5, 0.6) is 0 Å². The Morgan fingerprint density at radius 3 is 2.92 bits per heavy atom. The number of nitrogens with zero attached hydrogens (tertiary/aromatic N) is 1. The number of halogens is 1. The minimum absolute atomic E-state index is 0.217. The van der Waals surface area contributed by atoms with Crippen LogP contribution in [0.25, 0.3) is 0 Å². The molecule has 1 aliphatic rings. The second-order valence-corrected chi connectivity index (χ2v) is 3.11. The zero-order valence-electron chi connectivity index (χ0n) is 7.26. The summed E-state index contributed by atoms with van der Waals surface area (Å²) in [6, 6.07) is 3.38. The van der Waals surface area contributed by atoms with Gasteiger partial charge in [-0.1, -0.05) is 0 Å². The maximum Gasteiger partial charge on any atom is 0.141 e. The van der Waals surface area contributed by atoms with Crippen molar-refractivity contribution >= 4 is 0 Å². The topological polar surface area (TPSA) is 37.0 Å². The van der Waals surface area contributed by atoms with Gasteiger partial charge in [0, 0.05) is 19.6 Å². The van der Waals surface area contributed by atoms with Gasteiger partial charge in [-0.15, -0.1) is 0 Å². The van der Waals surface area contributed by atoms with Gasteiger partial charge in [0.1, 0.15) is 5.82 Å². The Morgan fingerprint density at radius 1 is 1.38 bits per heavy atom. The van der Waals surface area contributed by atoms with Crippen molar-refractivity contribution in [2.24, 2.45) is 0 Å². The second kappa shape index (κ2) is 3.81. The van der Waals surface area contributed by atoms with Gasteiger partial charge in [0.15, 0.2) is 0 Å². The molecule has 70 valence electrons. The van der Waals surface area contributed by atoms with Crippen molar-refractivity contribution < 1.29 is 4.39 Å². The van der Waals surface area contributed by atoms with Crippen molar-refractivity contribution in [3.8, 4) is 0 Å². The first-order valence-electron chi connectivity index (χ1n) is 4.42. The summed E-state index contributed by atoms with van der Waals surface area (Å²) in [5, 5.41) is 6.56. The van der Waals surface area contributed by atoms with Crippen LogP contribution in [0.15, 0.2) is 18.3 Å². The van der Waals surface area contributed by atoms with Gasteiger partial charge in [-0.25, -0.2) is 4.39 Å². The first kappa shape index (κ1) is 8.59. The van der Waals surface area contributed by atoms with Crippen LogP contribution in [0, 0.1) is 5.82 Å². The summed E-state index contributed by atoms with van der Waals surface area (Å²) >= 11 is 0. The van der Waals surface area contributed by atoms with Gasteiger partial charge in [-0.3, -0.25) is 4.98 Å². The van der Waals surface area contributed by atoms with Crippen molar-refractivity contribution in [3.05, 3.63) is 29.8 Å². The summed E-state index contributed by atoms with van der Waals surface area (Å²) in [5.74, 6) is -0.285. The Bertz CT molecular complexity index is 267. The van der Waals surface area contributed by atoms with E-state index >= 15 is 0 Å². The zero-order chi connectivity index (χ0) is 9.10. The molecular weight excluding hydrogens is 169 g/mol. The molecule has 1 aromatic heterocycles. The molecule has 1 fully saturated rings. The molecule has 4 heteroatoms. The first-order chi connectivity index (χ1) is 6.36. The van der Waals surface area contributed by atoms with E-state index < -0.39 is 0 Å². The molecule has 2 heterocycles. The van der Waals surface area contributed by atoms with Crippen molar-refractivity contribution in [1.29, 1.82) is 0 Å². The maximum atomic E-state index is 12.6. The second-order valence-electron chi connectivity index (χ2n) is 3.11. The number of nitrogens with one attached hydrogen (secondary N) is 2. The monoisotopic (exact) mass is 181 g/mol. The van der Waals surface area contributed by atoms with E-state index in [2.05, 4.69) is 15.6 Å². The normalized spacial score (nSPS) is 23.0. The first-order valence-corrected chi connectivity index (χ1v) is 4.42. The van der Waals surface area contributed by atoms with Crippen molar-refractivity contribution in [2.75, 3.05) is 19.6 Å². The summed E-state index contributed by atoms with van der Waals surface area (Å²) in [7, 11) is 0. The molecule has 0 aromatic carbocycles. The van der Waals surface area contributed by atoms with E-state index in [0.717, 1.165) is 25.3 Å². The maximum absolute atomic E-state index is 12.6. The minimum Gasteiger partial charge on any atom is -0.314 e. The van der Waals surface area contributed by atoms with Gasteiger partial charge in [0.2, 0.25) is 0 Å². The van der Waals surface area contributed by atoms with Crippen LogP contribution in [-0.2, 0) is 0 Å². The molecule has 3 nitrogen and oxygen atoms in total. The smallest absolute Gasteiger partial charge is 0.141 e. The van der Waals surface area contributed by atoms with E-state index in [0.29, 0.717) is 0 Å². The minimum atomic E-state index is -0.285. The fourth-order valence-corrected chi connectivity index (χ4v) is 1.46. The average molecular weight is 181 g/mol.